The number of likely N-dealkylation sites (tertiary alicyclic amines) is 1. The number of nitrogens with zero attached hydrogens (tertiary/aromatic N) is 6. The number of aromatic nitrogens is 5. The van der Waals surface area contributed by atoms with Gasteiger partial charge in [-0.25, -0.2) is 18.9 Å². The third-order valence-electron chi connectivity index (χ3n) is 5.36. The smallest absolute Gasteiger partial charge is 0.252 e. The van der Waals surface area contributed by atoms with E-state index in [1.807, 2.05) is 31.5 Å². The molecule has 4 heterocycles. The summed E-state index contributed by atoms with van der Waals surface area (Å²) >= 11 is 1.68. The van der Waals surface area contributed by atoms with Gasteiger partial charge in [0.1, 0.15) is 17.2 Å². The van der Waals surface area contributed by atoms with Gasteiger partial charge in [0, 0.05) is 41.3 Å². The first-order valence-electron chi connectivity index (χ1n) is 10.8. The van der Waals surface area contributed by atoms with E-state index < -0.39 is 0 Å². The fraction of sp³-hybridized carbons (Fsp3) is 0.391. The fourth-order valence-corrected chi connectivity index (χ4v) is 4.98. The van der Waals surface area contributed by atoms with E-state index in [-0.39, 0.29) is 5.82 Å². The van der Waals surface area contributed by atoms with E-state index in [0.29, 0.717) is 11.7 Å². The van der Waals surface area contributed by atoms with Crippen LogP contribution in [-0.2, 0) is 6.54 Å². The van der Waals surface area contributed by atoms with Crippen LogP contribution in [0.15, 0.2) is 42.9 Å². The minimum atomic E-state index is -0.224. The molecule has 4 aromatic rings. The Bertz CT molecular complexity index is 1140. The number of benzene rings is 1. The van der Waals surface area contributed by atoms with Crippen LogP contribution in [0.3, 0.4) is 0 Å². The molecular formula is C23H27FN6S. The van der Waals surface area contributed by atoms with Crippen LogP contribution in [0, 0.1) is 12.7 Å². The highest BCUT2D eigenvalue weighted by Gasteiger charge is 2.25. The summed E-state index contributed by atoms with van der Waals surface area (Å²) in [7, 11) is 0. The van der Waals surface area contributed by atoms with Crippen LogP contribution >= 0.6 is 11.3 Å². The number of fused-ring (bicyclic) bond motifs is 1. The van der Waals surface area contributed by atoms with Crippen LogP contribution < -0.4 is 0 Å². The number of thiazole rings is 1. The zero-order valence-corrected chi connectivity index (χ0v) is 18.9. The first-order valence-corrected chi connectivity index (χ1v) is 11.6. The summed E-state index contributed by atoms with van der Waals surface area (Å²) in [6, 6.07) is 8.66. The van der Waals surface area contributed by atoms with Crippen molar-refractivity contribution in [2.24, 2.45) is 0 Å². The van der Waals surface area contributed by atoms with E-state index in [9.17, 15) is 4.39 Å². The molecule has 8 heteroatoms. The summed E-state index contributed by atoms with van der Waals surface area (Å²) in [5.41, 5.74) is 3.12. The van der Waals surface area contributed by atoms with Crippen molar-refractivity contribution in [1.29, 1.82) is 0 Å². The van der Waals surface area contributed by atoms with Crippen molar-refractivity contribution in [3.8, 4) is 10.6 Å². The van der Waals surface area contributed by atoms with E-state index in [0.717, 1.165) is 48.7 Å². The lowest BCUT2D eigenvalue weighted by Gasteiger charge is -2.32. The quantitative estimate of drug-likeness (QED) is 0.444. The minimum Gasteiger partial charge on any atom is -0.298 e. The van der Waals surface area contributed by atoms with Gasteiger partial charge >= 0.3 is 0 Å². The molecule has 3 aromatic heterocycles. The van der Waals surface area contributed by atoms with Crippen LogP contribution in [0.4, 0.5) is 4.39 Å². The van der Waals surface area contributed by atoms with Crippen LogP contribution in [0.5, 0.6) is 0 Å². The molecule has 31 heavy (non-hydrogen) atoms. The van der Waals surface area contributed by atoms with Crippen LogP contribution in [0.25, 0.3) is 16.3 Å². The summed E-state index contributed by atoms with van der Waals surface area (Å²) < 4.78 is 15.0. The van der Waals surface area contributed by atoms with Gasteiger partial charge in [-0.1, -0.05) is 13.8 Å². The highest BCUT2D eigenvalue weighted by molar-refractivity contribution is 7.15. The maximum Gasteiger partial charge on any atom is 0.252 e. The molecule has 1 saturated heterocycles. The molecule has 1 aliphatic rings. The second kappa shape index (κ2) is 9.62. The summed E-state index contributed by atoms with van der Waals surface area (Å²) in [4.78, 5) is 17.0. The van der Waals surface area contributed by atoms with E-state index in [2.05, 4.69) is 31.0 Å². The molecule has 1 fully saturated rings. The molecule has 5 rings (SSSR count). The molecule has 0 spiro atoms. The average molecular weight is 439 g/mol. The maximum atomic E-state index is 13.2. The number of halogens is 1. The van der Waals surface area contributed by atoms with Gasteiger partial charge in [-0.2, -0.15) is 10.1 Å². The Morgan fingerprint density at radius 3 is 2.77 bits per heavy atom. The molecule has 0 saturated carbocycles. The Hall–Kier alpha value is -2.71. The first kappa shape index (κ1) is 21.5. The third-order valence-corrected chi connectivity index (χ3v) is 6.39. The van der Waals surface area contributed by atoms with Gasteiger partial charge in [-0.05, 0) is 56.6 Å². The van der Waals surface area contributed by atoms with Crippen molar-refractivity contribution in [3.63, 3.8) is 0 Å². The Morgan fingerprint density at radius 1 is 1.16 bits per heavy atom. The van der Waals surface area contributed by atoms with Crippen molar-refractivity contribution in [2.75, 3.05) is 13.1 Å². The Kier molecular flexibility index (Phi) is 6.67. The van der Waals surface area contributed by atoms with Crippen molar-refractivity contribution >= 4 is 17.1 Å². The van der Waals surface area contributed by atoms with Gasteiger partial charge in [-0.3, -0.25) is 4.90 Å². The number of rotatable bonds is 4. The Morgan fingerprint density at radius 2 is 1.97 bits per heavy atom. The topological polar surface area (TPSA) is 59.2 Å². The standard InChI is InChI=1S/C21H21FN6S.C2H6/c1-14-9-19(28-21(26-14)24-13-25-28)16-3-2-8-27(11-16)12-18-10-23-20(29-18)15-4-6-17(22)7-5-15;1-2/h4-7,9-10,13,16H,2-3,8,11-12H2,1H3;1-2H3. The maximum absolute atomic E-state index is 13.2. The predicted molar refractivity (Wildman–Crippen MR) is 122 cm³/mol. The van der Waals surface area contributed by atoms with Gasteiger partial charge in [0.15, 0.2) is 0 Å². The summed E-state index contributed by atoms with van der Waals surface area (Å²) in [5.74, 6) is 0.848. The lowest BCUT2D eigenvalue weighted by molar-refractivity contribution is 0.199. The molecule has 0 amide bonds. The van der Waals surface area contributed by atoms with Crippen molar-refractivity contribution in [2.45, 2.75) is 46.1 Å². The molecule has 1 unspecified atom stereocenters. The van der Waals surface area contributed by atoms with Crippen LogP contribution in [0.2, 0.25) is 0 Å². The van der Waals surface area contributed by atoms with Crippen LogP contribution in [0.1, 0.15) is 48.9 Å². The third kappa shape index (κ3) is 4.80. The zero-order chi connectivity index (χ0) is 21.8. The van der Waals surface area contributed by atoms with Crippen LogP contribution in [-0.4, -0.2) is 42.6 Å². The second-order valence-corrected chi connectivity index (χ2v) is 8.62. The number of hydrogen-bond acceptors (Lipinski definition) is 6. The van der Waals surface area contributed by atoms with E-state index in [4.69, 9.17) is 0 Å². The number of hydrogen-bond donors (Lipinski definition) is 0. The van der Waals surface area contributed by atoms with Gasteiger partial charge in [-0.15, -0.1) is 11.3 Å². The second-order valence-electron chi connectivity index (χ2n) is 7.51. The monoisotopic (exact) mass is 438 g/mol. The van der Waals surface area contributed by atoms with Crippen molar-refractivity contribution < 1.29 is 4.39 Å². The first-order chi connectivity index (χ1) is 15.2. The molecule has 1 atom stereocenters. The summed E-state index contributed by atoms with van der Waals surface area (Å²) in [6.07, 6.45) is 5.80. The number of aryl methyl sites for hydroxylation is 1. The van der Waals surface area contributed by atoms with Crippen molar-refractivity contribution in [3.05, 3.63) is 64.9 Å². The highest BCUT2D eigenvalue weighted by Crippen LogP contribution is 2.30. The fourth-order valence-electron chi connectivity index (χ4n) is 4.02. The van der Waals surface area contributed by atoms with Gasteiger partial charge in [0.25, 0.3) is 5.78 Å². The van der Waals surface area contributed by atoms with Gasteiger partial charge in [0.05, 0.1) is 5.69 Å². The molecule has 0 aliphatic carbocycles. The summed E-state index contributed by atoms with van der Waals surface area (Å²) in [6.45, 7) is 8.93. The molecule has 0 N–H and O–H groups in total. The molecule has 1 aliphatic heterocycles. The number of piperidine rings is 1. The largest absolute Gasteiger partial charge is 0.298 e. The Balaban J connectivity index is 0.00000112. The van der Waals surface area contributed by atoms with E-state index in [1.54, 1.807) is 29.8 Å². The molecule has 6 nitrogen and oxygen atoms in total. The van der Waals surface area contributed by atoms with Gasteiger partial charge < -0.3 is 0 Å². The molecule has 1 aromatic carbocycles. The molecule has 162 valence electrons. The van der Waals surface area contributed by atoms with E-state index in [1.165, 1.54) is 22.7 Å². The van der Waals surface area contributed by atoms with Crippen molar-refractivity contribution in [1.82, 2.24) is 29.5 Å². The highest BCUT2D eigenvalue weighted by atomic mass is 32.1. The molecule has 0 radical (unpaired) electrons. The van der Waals surface area contributed by atoms with Gasteiger partial charge in [0.2, 0.25) is 0 Å². The normalized spacial score (nSPS) is 16.8. The minimum absolute atomic E-state index is 0.224. The lowest BCUT2D eigenvalue weighted by Crippen LogP contribution is -2.34. The Labute approximate surface area is 185 Å². The average Bonchev–Trinajstić information content (AvgIpc) is 3.45. The summed E-state index contributed by atoms with van der Waals surface area (Å²) in [5, 5.41) is 5.31. The zero-order valence-electron chi connectivity index (χ0n) is 18.1. The molecular weight excluding hydrogens is 411 g/mol. The SMILES string of the molecule is CC.Cc1cc(C2CCCN(Cc3cnc(-c4ccc(F)cc4)s3)C2)n2ncnc2n1. The van der Waals surface area contributed by atoms with E-state index >= 15 is 0 Å². The lowest BCUT2D eigenvalue weighted by atomic mass is 9.94. The predicted octanol–water partition coefficient (Wildman–Crippen LogP) is 5.10. The molecule has 0 bridgehead atoms.